The van der Waals surface area contributed by atoms with Crippen LogP contribution in [0, 0.1) is 0 Å². The molecular weight excluding hydrogens is 321 g/mol. The van der Waals surface area contributed by atoms with Gasteiger partial charge < -0.3 is 0 Å². The zero-order valence-corrected chi connectivity index (χ0v) is 11.2. The third-order valence-corrected chi connectivity index (χ3v) is 0.957. The van der Waals surface area contributed by atoms with Crippen LogP contribution in [0.2, 0.25) is 0 Å². The molecule has 0 amide bonds. The van der Waals surface area contributed by atoms with Gasteiger partial charge in [0.15, 0.2) is 0 Å². The second-order valence-corrected chi connectivity index (χ2v) is 6.97. The molecule has 0 saturated heterocycles. The number of unbranched alkanes of at least 4 members (excludes halogenated alkanes) is 3. The zero-order chi connectivity index (χ0) is 7.54. The van der Waals surface area contributed by atoms with Gasteiger partial charge in [0.25, 0.3) is 0 Å². The Morgan fingerprint density at radius 1 is 1.00 bits per heavy atom. The second kappa shape index (κ2) is 16.2. The second-order valence-electron chi connectivity index (χ2n) is 1.78. The van der Waals surface area contributed by atoms with E-state index in [4.69, 9.17) is 17.2 Å². The number of halogens is 2. The molecule has 0 bridgehead atoms. The summed E-state index contributed by atoms with van der Waals surface area (Å²) in [4.78, 5) is 0. The van der Waals surface area contributed by atoms with Crippen molar-refractivity contribution in [2.75, 3.05) is 0 Å². The Hall–Kier alpha value is 1.45. The first-order valence-corrected chi connectivity index (χ1v) is 12.2. The predicted octanol–water partition coefficient (Wildman–Crippen LogP) is 3.96. The molecule has 0 radical (unpaired) electrons. The fourth-order valence-corrected chi connectivity index (χ4v) is 0.500. The first kappa shape index (κ1) is 13.1. The maximum absolute atomic E-state index is 4.96. The maximum atomic E-state index is 4.96. The molecule has 0 aliphatic rings. The van der Waals surface area contributed by atoms with Crippen LogP contribution in [0.4, 0.5) is 0 Å². The van der Waals surface area contributed by atoms with Gasteiger partial charge in [0.2, 0.25) is 0 Å². The molecule has 0 rings (SSSR count). The van der Waals surface area contributed by atoms with E-state index < -0.39 is 20.5 Å². The minimum absolute atomic E-state index is 0.972. The molecule has 0 spiro atoms. The van der Waals surface area contributed by atoms with Crippen molar-refractivity contribution in [1.29, 1.82) is 0 Å². The third-order valence-electron chi connectivity index (χ3n) is 0.957. The van der Waals surface area contributed by atoms with E-state index in [1.165, 1.54) is 25.7 Å². The monoisotopic (exact) mass is 336 g/mol. The Kier molecular flexibility index (Phi) is 23.6. The molecule has 0 N–H and O–H groups in total. The Labute approximate surface area is 76.8 Å². The van der Waals surface area contributed by atoms with Gasteiger partial charge in [-0.3, -0.25) is 0 Å². The fourth-order valence-electron chi connectivity index (χ4n) is 0.500. The number of hydrogen-bond donors (Lipinski definition) is 0. The Bertz CT molecular complexity index is 30.2. The van der Waals surface area contributed by atoms with Crippen LogP contribution in [-0.4, -0.2) is 0 Å². The van der Waals surface area contributed by atoms with Crippen LogP contribution in [0.3, 0.4) is 0 Å². The minimum atomic E-state index is -0.972. The van der Waals surface area contributed by atoms with Gasteiger partial charge in [-0.05, 0) is 0 Å². The van der Waals surface area contributed by atoms with Crippen LogP contribution >= 0.6 is 17.2 Å². The molecule has 0 saturated carbocycles. The van der Waals surface area contributed by atoms with Gasteiger partial charge in [-0.2, -0.15) is 0 Å². The van der Waals surface area contributed by atoms with Crippen LogP contribution in [0.25, 0.3) is 0 Å². The van der Waals surface area contributed by atoms with Crippen molar-refractivity contribution in [2.45, 2.75) is 39.5 Å². The molecule has 56 valence electrons. The van der Waals surface area contributed by atoms with Gasteiger partial charge in [-0.1, -0.05) is 39.5 Å². The van der Waals surface area contributed by atoms with Crippen LogP contribution in [0.5, 0.6) is 0 Å². The summed E-state index contributed by atoms with van der Waals surface area (Å²) in [7, 11) is 9.92. The molecule has 9 heavy (non-hydrogen) atoms. The summed E-state index contributed by atoms with van der Waals surface area (Å²) in [5, 5.41) is 0. The van der Waals surface area contributed by atoms with Crippen LogP contribution in [0.1, 0.15) is 39.5 Å². The van der Waals surface area contributed by atoms with Gasteiger partial charge in [0.1, 0.15) is 0 Å². The van der Waals surface area contributed by atoms with Crippen LogP contribution in [-0.2, 0) is 20.5 Å². The summed E-state index contributed by atoms with van der Waals surface area (Å²) >= 11 is -0.972. The van der Waals surface area contributed by atoms with E-state index >= 15 is 0 Å². The van der Waals surface area contributed by atoms with E-state index in [0.717, 1.165) is 0 Å². The summed E-state index contributed by atoms with van der Waals surface area (Å²) in [6.07, 6.45) is 5.54. The van der Waals surface area contributed by atoms with Crippen molar-refractivity contribution in [2.24, 2.45) is 0 Å². The standard InChI is InChI=1S/C6H14.2ClH.Hf/c1-3-5-6-4-2;;;/h3-6H2,1-2H3;2*1H;/q;;;+2/p-2. The normalized spacial score (nSPS) is 7.56. The average Bonchev–Trinajstić information content (AvgIpc) is 1.86. The molecular formula is C6H14Cl2Hf. The SMILES string of the molecule is CCCCCC.[Cl][Hf][Cl]. The quantitative estimate of drug-likeness (QED) is 0.541. The van der Waals surface area contributed by atoms with Crippen molar-refractivity contribution in [3.63, 3.8) is 0 Å². The van der Waals surface area contributed by atoms with Crippen LogP contribution < -0.4 is 0 Å². The van der Waals surface area contributed by atoms with Crippen molar-refractivity contribution in [3.8, 4) is 0 Å². The zero-order valence-electron chi connectivity index (χ0n) is 6.08. The Morgan fingerprint density at radius 3 is 1.33 bits per heavy atom. The molecule has 0 nitrogen and oxygen atoms in total. The molecule has 0 heterocycles. The molecule has 0 aliphatic carbocycles. The van der Waals surface area contributed by atoms with Crippen LogP contribution in [0.15, 0.2) is 0 Å². The summed E-state index contributed by atoms with van der Waals surface area (Å²) < 4.78 is 0. The summed E-state index contributed by atoms with van der Waals surface area (Å²) in [5.74, 6) is 0. The van der Waals surface area contributed by atoms with Crippen molar-refractivity contribution >= 4 is 17.2 Å². The third kappa shape index (κ3) is 26.5. The van der Waals surface area contributed by atoms with Gasteiger partial charge in [0.05, 0.1) is 0 Å². The molecule has 0 fully saturated rings. The molecule has 0 aromatic carbocycles. The summed E-state index contributed by atoms with van der Waals surface area (Å²) in [6, 6.07) is 0. The van der Waals surface area contributed by atoms with E-state index in [9.17, 15) is 0 Å². The molecule has 0 aromatic heterocycles. The average molecular weight is 336 g/mol. The van der Waals surface area contributed by atoms with E-state index in [2.05, 4.69) is 13.8 Å². The van der Waals surface area contributed by atoms with Gasteiger partial charge in [-0.25, -0.2) is 0 Å². The summed E-state index contributed by atoms with van der Waals surface area (Å²) in [5.41, 5.74) is 0. The summed E-state index contributed by atoms with van der Waals surface area (Å²) in [6.45, 7) is 4.46. The van der Waals surface area contributed by atoms with E-state index in [-0.39, 0.29) is 0 Å². The molecule has 0 aliphatic heterocycles. The van der Waals surface area contributed by atoms with Crippen molar-refractivity contribution < 1.29 is 20.5 Å². The van der Waals surface area contributed by atoms with E-state index in [1.807, 2.05) is 0 Å². The van der Waals surface area contributed by atoms with Crippen molar-refractivity contribution in [3.05, 3.63) is 0 Å². The van der Waals surface area contributed by atoms with Crippen molar-refractivity contribution in [1.82, 2.24) is 0 Å². The fraction of sp³-hybridized carbons (Fsp3) is 1.00. The molecule has 0 unspecified atom stereocenters. The van der Waals surface area contributed by atoms with E-state index in [0.29, 0.717) is 0 Å². The number of hydrogen-bond acceptors (Lipinski definition) is 0. The molecule has 3 heteroatoms. The molecule has 0 aromatic rings. The number of rotatable bonds is 3. The van der Waals surface area contributed by atoms with E-state index in [1.54, 1.807) is 0 Å². The van der Waals surface area contributed by atoms with Gasteiger partial charge >= 0.3 is 37.7 Å². The van der Waals surface area contributed by atoms with Gasteiger partial charge in [-0.15, -0.1) is 0 Å². The first-order chi connectivity index (χ1) is 4.33. The topological polar surface area (TPSA) is 0 Å². The van der Waals surface area contributed by atoms with Gasteiger partial charge in [0, 0.05) is 0 Å². The molecule has 0 atom stereocenters. The Balaban J connectivity index is 0. The Morgan fingerprint density at radius 2 is 1.22 bits per heavy atom. The predicted molar refractivity (Wildman–Crippen MR) is 41.5 cm³/mol. The first-order valence-electron chi connectivity index (χ1n) is 3.29.